The molecule has 1 fully saturated rings. The highest BCUT2D eigenvalue weighted by Gasteiger charge is 2.44. The van der Waals surface area contributed by atoms with Gasteiger partial charge in [0, 0.05) is 0 Å². The third kappa shape index (κ3) is 2.98. The van der Waals surface area contributed by atoms with Crippen LogP contribution in [0.4, 0.5) is 0 Å². The third-order valence-corrected chi connectivity index (χ3v) is 6.24. The molecule has 0 radical (unpaired) electrons. The SMILES string of the molecule is CC1CCC(OC(=O)C(O)(c2cccs2)c2cccs2)CC1. The average Bonchev–Trinajstić information content (AvgIpc) is 3.22. The largest absolute Gasteiger partial charge is 0.460 e. The average molecular weight is 336 g/mol. The number of carbonyl (C=O) groups is 1. The summed E-state index contributed by atoms with van der Waals surface area (Å²) >= 11 is 2.75. The Labute approximate surface area is 138 Å². The van der Waals surface area contributed by atoms with Gasteiger partial charge in [0.15, 0.2) is 0 Å². The fraction of sp³-hybridized carbons (Fsp3) is 0.471. The van der Waals surface area contributed by atoms with E-state index in [1.165, 1.54) is 22.7 Å². The minimum atomic E-state index is -1.68. The predicted molar refractivity (Wildman–Crippen MR) is 89.1 cm³/mol. The number of aliphatic hydroxyl groups is 1. The molecule has 5 heteroatoms. The Hall–Kier alpha value is -1.17. The van der Waals surface area contributed by atoms with Crippen molar-refractivity contribution < 1.29 is 14.6 Å². The second-order valence-electron chi connectivity index (χ2n) is 5.95. The minimum Gasteiger partial charge on any atom is -0.460 e. The lowest BCUT2D eigenvalue weighted by molar-refractivity contribution is -0.169. The Morgan fingerprint density at radius 3 is 2.14 bits per heavy atom. The lowest BCUT2D eigenvalue weighted by atomic mass is 9.88. The van der Waals surface area contributed by atoms with E-state index in [-0.39, 0.29) is 6.10 Å². The summed E-state index contributed by atoms with van der Waals surface area (Å²) in [5.41, 5.74) is -1.68. The Morgan fingerprint density at radius 1 is 1.14 bits per heavy atom. The standard InChI is InChI=1S/C17H20O3S2/c1-12-6-8-13(9-7-12)20-16(18)17(19,14-4-2-10-21-14)15-5-3-11-22-15/h2-5,10-13,19H,6-9H2,1H3. The van der Waals surface area contributed by atoms with Gasteiger partial charge in [-0.2, -0.15) is 0 Å². The maximum absolute atomic E-state index is 12.8. The highest BCUT2D eigenvalue weighted by molar-refractivity contribution is 7.12. The summed E-state index contributed by atoms with van der Waals surface area (Å²) in [4.78, 5) is 14.0. The number of thiophene rings is 2. The molecule has 2 aromatic rings. The maximum atomic E-state index is 12.8. The van der Waals surface area contributed by atoms with Crippen molar-refractivity contribution in [2.75, 3.05) is 0 Å². The van der Waals surface area contributed by atoms with Crippen molar-refractivity contribution in [2.45, 2.75) is 44.3 Å². The van der Waals surface area contributed by atoms with Crippen LogP contribution in [-0.4, -0.2) is 17.2 Å². The summed E-state index contributed by atoms with van der Waals surface area (Å²) in [5.74, 6) is 0.153. The second-order valence-corrected chi connectivity index (χ2v) is 7.85. The minimum absolute atomic E-state index is 0.0739. The van der Waals surface area contributed by atoms with Crippen LogP contribution in [-0.2, 0) is 15.1 Å². The molecule has 0 saturated heterocycles. The van der Waals surface area contributed by atoms with E-state index >= 15 is 0 Å². The zero-order valence-electron chi connectivity index (χ0n) is 12.5. The van der Waals surface area contributed by atoms with E-state index < -0.39 is 11.6 Å². The van der Waals surface area contributed by atoms with Gasteiger partial charge in [0.2, 0.25) is 5.60 Å². The van der Waals surface area contributed by atoms with E-state index in [0.29, 0.717) is 15.7 Å². The highest BCUT2D eigenvalue weighted by Crippen LogP contribution is 2.38. The van der Waals surface area contributed by atoms with Crippen LogP contribution in [0.15, 0.2) is 35.0 Å². The number of ether oxygens (including phenoxy) is 1. The molecule has 118 valence electrons. The smallest absolute Gasteiger partial charge is 0.349 e. The van der Waals surface area contributed by atoms with Crippen LogP contribution in [0.25, 0.3) is 0 Å². The van der Waals surface area contributed by atoms with Gasteiger partial charge in [-0.1, -0.05) is 19.1 Å². The topological polar surface area (TPSA) is 46.5 Å². The molecule has 0 atom stereocenters. The Morgan fingerprint density at radius 2 is 1.68 bits per heavy atom. The van der Waals surface area contributed by atoms with Gasteiger partial charge < -0.3 is 9.84 Å². The van der Waals surface area contributed by atoms with Crippen molar-refractivity contribution in [3.05, 3.63) is 44.8 Å². The second kappa shape index (κ2) is 6.52. The van der Waals surface area contributed by atoms with Gasteiger partial charge in [0.1, 0.15) is 6.10 Å². The van der Waals surface area contributed by atoms with Gasteiger partial charge in [-0.15, -0.1) is 22.7 Å². The normalized spacial score (nSPS) is 22.5. The zero-order valence-corrected chi connectivity index (χ0v) is 14.2. The summed E-state index contributed by atoms with van der Waals surface area (Å²) in [6.45, 7) is 2.23. The van der Waals surface area contributed by atoms with E-state index in [1.54, 1.807) is 12.1 Å². The lowest BCUT2D eigenvalue weighted by Crippen LogP contribution is -2.39. The molecule has 22 heavy (non-hydrogen) atoms. The predicted octanol–water partition coefficient (Wildman–Crippen LogP) is 4.17. The van der Waals surface area contributed by atoms with E-state index in [2.05, 4.69) is 6.92 Å². The molecule has 0 spiro atoms. The van der Waals surface area contributed by atoms with E-state index in [0.717, 1.165) is 25.7 Å². The molecule has 0 amide bonds. The molecule has 0 aliphatic heterocycles. The number of esters is 1. The van der Waals surface area contributed by atoms with Crippen molar-refractivity contribution >= 4 is 28.6 Å². The number of carbonyl (C=O) groups excluding carboxylic acids is 1. The molecule has 1 saturated carbocycles. The molecule has 2 aromatic heterocycles. The van der Waals surface area contributed by atoms with Gasteiger partial charge in [0.25, 0.3) is 0 Å². The fourth-order valence-electron chi connectivity index (χ4n) is 2.88. The first-order valence-corrected chi connectivity index (χ1v) is 9.38. The number of hydrogen-bond acceptors (Lipinski definition) is 5. The van der Waals surface area contributed by atoms with Crippen LogP contribution in [0.3, 0.4) is 0 Å². The summed E-state index contributed by atoms with van der Waals surface area (Å²) in [7, 11) is 0. The van der Waals surface area contributed by atoms with Crippen molar-refractivity contribution in [3.63, 3.8) is 0 Å². The van der Waals surface area contributed by atoms with Crippen molar-refractivity contribution in [2.24, 2.45) is 5.92 Å². The van der Waals surface area contributed by atoms with Crippen molar-refractivity contribution in [1.82, 2.24) is 0 Å². The maximum Gasteiger partial charge on any atom is 0.349 e. The molecule has 2 heterocycles. The fourth-order valence-corrected chi connectivity index (χ4v) is 4.59. The molecule has 1 N–H and O–H groups in total. The van der Waals surface area contributed by atoms with Gasteiger partial charge in [-0.05, 0) is 54.5 Å². The molecule has 0 bridgehead atoms. The van der Waals surface area contributed by atoms with E-state index in [4.69, 9.17) is 4.74 Å². The summed E-state index contributed by atoms with van der Waals surface area (Å²) in [6, 6.07) is 7.26. The third-order valence-electron chi connectivity index (χ3n) is 4.29. The van der Waals surface area contributed by atoms with E-state index in [9.17, 15) is 9.90 Å². The van der Waals surface area contributed by atoms with Crippen LogP contribution in [0.2, 0.25) is 0 Å². The van der Waals surface area contributed by atoms with Crippen LogP contribution >= 0.6 is 22.7 Å². The highest BCUT2D eigenvalue weighted by atomic mass is 32.1. The van der Waals surface area contributed by atoms with E-state index in [1.807, 2.05) is 22.9 Å². The molecular formula is C17H20O3S2. The first kappa shape index (κ1) is 15.7. The molecule has 1 aliphatic carbocycles. The zero-order chi connectivity index (χ0) is 15.6. The van der Waals surface area contributed by atoms with Crippen LogP contribution in [0.1, 0.15) is 42.4 Å². The summed E-state index contributed by atoms with van der Waals surface area (Å²) < 4.78 is 5.68. The molecule has 0 aromatic carbocycles. The van der Waals surface area contributed by atoms with Gasteiger partial charge >= 0.3 is 5.97 Å². The molecule has 1 aliphatic rings. The summed E-state index contributed by atoms with van der Waals surface area (Å²) in [5, 5.41) is 14.9. The van der Waals surface area contributed by atoms with Gasteiger partial charge in [0.05, 0.1) is 9.75 Å². The monoisotopic (exact) mass is 336 g/mol. The molecular weight excluding hydrogens is 316 g/mol. The summed E-state index contributed by atoms with van der Waals surface area (Å²) in [6.07, 6.45) is 3.86. The van der Waals surface area contributed by atoms with Gasteiger partial charge in [-0.25, -0.2) is 4.79 Å². The molecule has 3 nitrogen and oxygen atoms in total. The van der Waals surface area contributed by atoms with Crippen LogP contribution in [0, 0.1) is 5.92 Å². The Kier molecular flexibility index (Phi) is 4.66. The molecule has 3 rings (SSSR count). The first-order valence-electron chi connectivity index (χ1n) is 7.62. The van der Waals surface area contributed by atoms with Crippen molar-refractivity contribution in [3.8, 4) is 0 Å². The quantitative estimate of drug-likeness (QED) is 0.853. The Bertz CT molecular complexity index is 562. The van der Waals surface area contributed by atoms with Crippen LogP contribution in [0.5, 0.6) is 0 Å². The Balaban J connectivity index is 1.82. The van der Waals surface area contributed by atoms with Crippen LogP contribution < -0.4 is 0 Å². The first-order chi connectivity index (χ1) is 10.6. The van der Waals surface area contributed by atoms with Crippen molar-refractivity contribution in [1.29, 1.82) is 0 Å². The number of rotatable bonds is 4. The van der Waals surface area contributed by atoms with Gasteiger partial charge in [-0.3, -0.25) is 0 Å². The molecule has 0 unspecified atom stereocenters. The number of hydrogen-bond donors (Lipinski definition) is 1. The lowest BCUT2D eigenvalue weighted by Gasteiger charge is -2.30.